The maximum Gasteiger partial charge on any atom is 0.257 e. The van der Waals surface area contributed by atoms with Gasteiger partial charge in [0, 0.05) is 19.0 Å². The first-order chi connectivity index (χ1) is 14.6. The second-order valence-corrected chi connectivity index (χ2v) is 8.80. The largest absolute Gasteiger partial charge is 0.475 e. The zero-order chi connectivity index (χ0) is 20.7. The fraction of sp³-hybridized carbons (Fsp3) is 0.650. The number of fused-ring (bicyclic) bond motifs is 3. The predicted octanol–water partition coefficient (Wildman–Crippen LogP) is 3.00. The van der Waals surface area contributed by atoms with Crippen molar-refractivity contribution in [2.45, 2.75) is 51.2 Å². The van der Waals surface area contributed by atoms with Gasteiger partial charge in [0.2, 0.25) is 5.95 Å². The highest BCUT2D eigenvalue weighted by Crippen LogP contribution is 2.35. The molecule has 10 heteroatoms. The molecule has 0 amide bonds. The number of hydrogen-bond donors (Lipinski definition) is 2. The van der Waals surface area contributed by atoms with Gasteiger partial charge in [-0.25, -0.2) is 4.98 Å². The van der Waals surface area contributed by atoms with Crippen molar-refractivity contribution in [1.82, 2.24) is 24.6 Å². The summed E-state index contributed by atoms with van der Waals surface area (Å²) in [7, 11) is 0. The molecule has 2 unspecified atom stereocenters. The average Bonchev–Trinajstić information content (AvgIpc) is 2.98. The van der Waals surface area contributed by atoms with E-state index in [-0.39, 0.29) is 6.04 Å². The number of piperidine rings is 1. The van der Waals surface area contributed by atoms with Crippen LogP contribution in [0.5, 0.6) is 5.88 Å². The second kappa shape index (κ2) is 8.20. The highest BCUT2D eigenvalue weighted by molar-refractivity contribution is 6.32. The Balaban J connectivity index is 1.45. The predicted molar refractivity (Wildman–Crippen MR) is 115 cm³/mol. The first kappa shape index (κ1) is 19.8. The Kier molecular flexibility index (Phi) is 5.43. The molecule has 0 aromatic carbocycles. The first-order valence-corrected chi connectivity index (χ1v) is 11.1. The maximum atomic E-state index is 6.27. The van der Waals surface area contributed by atoms with Crippen LogP contribution in [0.1, 0.15) is 37.9 Å². The molecule has 5 heterocycles. The molecule has 0 radical (unpaired) electrons. The topological polar surface area (TPSA) is 89.4 Å². The fourth-order valence-corrected chi connectivity index (χ4v) is 4.47. The van der Waals surface area contributed by atoms with Gasteiger partial charge < -0.3 is 20.1 Å². The van der Waals surface area contributed by atoms with E-state index in [4.69, 9.17) is 26.2 Å². The van der Waals surface area contributed by atoms with E-state index in [0.29, 0.717) is 41.4 Å². The van der Waals surface area contributed by atoms with Gasteiger partial charge in [-0.1, -0.05) is 11.6 Å². The molecule has 2 saturated heterocycles. The van der Waals surface area contributed by atoms with Gasteiger partial charge in [0.05, 0.1) is 43.8 Å². The van der Waals surface area contributed by atoms with Crippen molar-refractivity contribution < 1.29 is 9.47 Å². The Bertz CT molecular complexity index is 917. The molecule has 2 N–H and O–H groups in total. The van der Waals surface area contributed by atoms with Crippen LogP contribution in [0.25, 0.3) is 0 Å². The first-order valence-electron chi connectivity index (χ1n) is 10.7. The SMILES string of the molecule is Cc1c2c(nn1C1CCCN(C3COC3)C1)OCCC(C)Nc1nc(ncc1Cl)N2. The lowest BCUT2D eigenvalue weighted by Gasteiger charge is -2.42. The normalized spacial score (nSPS) is 25.2. The minimum absolute atomic E-state index is 0.159. The molecular formula is C20H28ClN7O2. The molecule has 5 rings (SSSR count). The van der Waals surface area contributed by atoms with Crippen LogP contribution in [-0.2, 0) is 4.74 Å². The van der Waals surface area contributed by atoms with Crippen LogP contribution >= 0.6 is 11.6 Å². The molecule has 0 spiro atoms. The van der Waals surface area contributed by atoms with Gasteiger partial charge in [-0.2, -0.15) is 4.98 Å². The van der Waals surface area contributed by atoms with E-state index in [1.54, 1.807) is 6.20 Å². The summed E-state index contributed by atoms with van der Waals surface area (Å²) < 4.78 is 13.6. The number of ether oxygens (including phenoxy) is 2. The zero-order valence-corrected chi connectivity index (χ0v) is 18.2. The van der Waals surface area contributed by atoms with Crippen molar-refractivity contribution in [2.75, 3.05) is 43.5 Å². The summed E-state index contributed by atoms with van der Waals surface area (Å²) in [5, 5.41) is 12.0. The number of likely N-dealkylation sites (tertiary alicyclic amines) is 1. The second-order valence-electron chi connectivity index (χ2n) is 8.39. The van der Waals surface area contributed by atoms with E-state index >= 15 is 0 Å². The number of nitrogens with one attached hydrogen (secondary N) is 2. The Morgan fingerprint density at radius 3 is 2.90 bits per heavy atom. The van der Waals surface area contributed by atoms with Gasteiger partial charge in [-0.3, -0.25) is 9.58 Å². The molecule has 30 heavy (non-hydrogen) atoms. The lowest BCUT2D eigenvalue weighted by molar-refractivity contribution is -0.0758. The van der Waals surface area contributed by atoms with E-state index in [1.165, 1.54) is 0 Å². The number of aromatic nitrogens is 4. The Labute approximate surface area is 181 Å². The van der Waals surface area contributed by atoms with Crippen LogP contribution in [0.15, 0.2) is 6.20 Å². The van der Waals surface area contributed by atoms with Crippen molar-refractivity contribution >= 4 is 29.1 Å². The van der Waals surface area contributed by atoms with Gasteiger partial charge in [0.1, 0.15) is 10.7 Å². The number of anilines is 3. The quantitative estimate of drug-likeness (QED) is 0.747. The van der Waals surface area contributed by atoms with Gasteiger partial charge in [0.25, 0.3) is 5.88 Å². The van der Waals surface area contributed by atoms with E-state index in [2.05, 4.69) is 44.0 Å². The van der Waals surface area contributed by atoms with Gasteiger partial charge in [0.15, 0.2) is 5.82 Å². The van der Waals surface area contributed by atoms with E-state index < -0.39 is 0 Å². The number of hydrogen-bond acceptors (Lipinski definition) is 8. The average molecular weight is 434 g/mol. The lowest BCUT2D eigenvalue weighted by Crippen LogP contribution is -2.52. The maximum absolute atomic E-state index is 6.27. The van der Waals surface area contributed by atoms with Crippen LogP contribution in [0.3, 0.4) is 0 Å². The van der Waals surface area contributed by atoms with Crippen molar-refractivity contribution in [2.24, 2.45) is 0 Å². The molecule has 2 fully saturated rings. The molecule has 9 nitrogen and oxygen atoms in total. The summed E-state index contributed by atoms with van der Waals surface area (Å²) in [6, 6.07) is 1.02. The highest BCUT2D eigenvalue weighted by atomic mass is 35.5. The van der Waals surface area contributed by atoms with E-state index in [0.717, 1.165) is 56.9 Å². The van der Waals surface area contributed by atoms with Crippen LogP contribution in [0.4, 0.5) is 17.5 Å². The van der Waals surface area contributed by atoms with Crippen LogP contribution in [0.2, 0.25) is 5.02 Å². The summed E-state index contributed by atoms with van der Waals surface area (Å²) in [5.41, 5.74) is 1.85. The molecule has 2 aromatic heterocycles. The van der Waals surface area contributed by atoms with Crippen molar-refractivity contribution in [3.8, 4) is 5.88 Å². The number of nitrogens with zero attached hydrogens (tertiary/aromatic N) is 5. The number of halogens is 1. The molecule has 0 saturated carbocycles. The van der Waals surface area contributed by atoms with Gasteiger partial charge in [-0.05, 0) is 33.2 Å². The van der Waals surface area contributed by atoms with Gasteiger partial charge >= 0.3 is 0 Å². The monoisotopic (exact) mass is 433 g/mol. The summed E-state index contributed by atoms with van der Waals surface area (Å²) in [6.07, 6.45) is 4.68. The molecule has 2 aromatic rings. The molecule has 3 aliphatic rings. The van der Waals surface area contributed by atoms with E-state index in [1.807, 2.05) is 0 Å². The highest BCUT2D eigenvalue weighted by Gasteiger charge is 2.33. The van der Waals surface area contributed by atoms with Crippen molar-refractivity contribution in [3.05, 3.63) is 16.9 Å². The fourth-order valence-electron chi connectivity index (χ4n) is 4.32. The summed E-state index contributed by atoms with van der Waals surface area (Å²) >= 11 is 6.27. The summed E-state index contributed by atoms with van der Waals surface area (Å²) in [4.78, 5) is 11.4. The van der Waals surface area contributed by atoms with Crippen LogP contribution in [-0.4, -0.2) is 69.6 Å². The Hall–Kier alpha value is -2.10. The summed E-state index contributed by atoms with van der Waals surface area (Å²) in [6.45, 7) is 8.51. The van der Waals surface area contributed by atoms with Crippen LogP contribution < -0.4 is 15.4 Å². The zero-order valence-electron chi connectivity index (χ0n) is 17.4. The summed E-state index contributed by atoms with van der Waals surface area (Å²) in [5.74, 6) is 1.70. The third kappa shape index (κ3) is 3.81. The van der Waals surface area contributed by atoms with Crippen LogP contribution in [0, 0.1) is 6.92 Å². The molecule has 0 aliphatic carbocycles. The lowest BCUT2D eigenvalue weighted by atomic mass is 10.0. The minimum atomic E-state index is 0.159. The standard InChI is InChI=1S/C20H28ClN7O2/c1-12-5-7-30-19-17(24-20-22-8-16(21)18(23-12)25-20)13(2)28(26-19)14-4-3-6-27(9-14)15-10-29-11-15/h8,12,14-15H,3-7,9-11H2,1-2H3,(H2,22,23,24,25). The number of rotatable bonds is 2. The third-order valence-electron chi connectivity index (χ3n) is 6.18. The Morgan fingerprint density at radius 2 is 2.10 bits per heavy atom. The minimum Gasteiger partial charge on any atom is -0.475 e. The van der Waals surface area contributed by atoms with Crippen molar-refractivity contribution in [1.29, 1.82) is 0 Å². The third-order valence-corrected chi connectivity index (χ3v) is 6.46. The van der Waals surface area contributed by atoms with Crippen molar-refractivity contribution in [3.63, 3.8) is 0 Å². The molecule has 3 aliphatic heterocycles. The van der Waals surface area contributed by atoms with E-state index in [9.17, 15) is 0 Å². The van der Waals surface area contributed by atoms with Gasteiger partial charge in [-0.15, -0.1) is 5.10 Å². The molecule has 2 bridgehead atoms. The molecule has 162 valence electrons. The smallest absolute Gasteiger partial charge is 0.257 e. The molecular weight excluding hydrogens is 406 g/mol. The Morgan fingerprint density at radius 1 is 1.23 bits per heavy atom. The molecule has 2 atom stereocenters.